The molecule has 0 amide bonds. The lowest BCUT2D eigenvalue weighted by molar-refractivity contribution is 0.581. The standard InChI is InChI=1S/C10H16OSi/c1-8(2)12-11-10-6-4-9(3)5-7-10/h4-8H,12H2,1-3H3. The Morgan fingerprint density at radius 2 is 1.75 bits per heavy atom. The quantitative estimate of drug-likeness (QED) is 0.648. The first-order valence-corrected chi connectivity index (χ1v) is 5.77. The number of benzene rings is 1. The molecular weight excluding hydrogens is 164 g/mol. The normalized spacial score (nSPS) is 11.3. The van der Waals surface area contributed by atoms with Crippen LogP contribution in [0.5, 0.6) is 5.75 Å². The Morgan fingerprint density at radius 3 is 2.25 bits per heavy atom. The van der Waals surface area contributed by atoms with Crippen molar-refractivity contribution >= 4 is 9.76 Å². The van der Waals surface area contributed by atoms with Crippen molar-refractivity contribution in [3.63, 3.8) is 0 Å². The molecule has 0 aliphatic carbocycles. The molecule has 0 bridgehead atoms. The average molecular weight is 180 g/mol. The summed E-state index contributed by atoms with van der Waals surface area (Å²) in [5.41, 5.74) is 2.01. The van der Waals surface area contributed by atoms with Crippen LogP contribution >= 0.6 is 0 Å². The highest BCUT2D eigenvalue weighted by atomic mass is 28.2. The Balaban J connectivity index is 2.48. The third-order valence-electron chi connectivity index (χ3n) is 1.60. The SMILES string of the molecule is Cc1ccc(O[SiH2]C(C)C)cc1. The topological polar surface area (TPSA) is 9.23 Å². The van der Waals surface area contributed by atoms with E-state index in [4.69, 9.17) is 4.43 Å². The first-order chi connectivity index (χ1) is 5.68. The molecule has 0 heterocycles. The first kappa shape index (κ1) is 9.33. The van der Waals surface area contributed by atoms with Crippen LogP contribution in [0.2, 0.25) is 5.54 Å². The average Bonchev–Trinajstić information content (AvgIpc) is 2.03. The van der Waals surface area contributed by atoms with Gasteiger partial charge in [0.05, 0.1) is 0 Å². The van der Waals surface area contributed by atoms with Crippen LogP contribution in [0.3, 0.4) is 0 Å². The molecule has 1 aromatic carbocycles. The van der Waals surface area contributed by atoms with Gasteiger partial charge in [0.1, 0.15) is 5.75 Å². The molecule has 66 valence electrons. The largest absolute Gasteiger partial charge is 0.549 e. The summed E-state index contributed by atoms with van der Waals surface area (Å²) in [6, 6.07) is 8.27. The number of hydrogen-bond donors (Lipinski definition) is 0. The zero-order valence-electron chi connectivity index (χ0n) is 8.00. The Kier molecular flexibility index (Phi) is 3.35. The fourth-order valence-electron chi connectivity index (χ4n) is 0.897. The van der Waals surface area contributed by atoms with Crippen LogP contribution in [0.25, 0.3) is 0 Å². The second-order valence-corrected chi connectivity index (χ2v) is 5.77. The minimum absolute atomic E-state index is 0.364. The van der Waals surface area contributed by atoms with E-state index < -0.39 is 0 Å². The molecule has 0 N–H and O–H groups in total. The molecule has 0 spiro atoms. The van der Waals surface area contributed by atoms with Crippen molar-refractivity contribution in [3.8, 4) is 5.75 Å². The van der Waals surface area contributed by atoms with Crippen molar-refractivity contribution in [2.24, 2.45) is 0 Å². The van der Waals surface area contributed by atoms with E-state index in [1.54, 1.807) is 0 Å². The molecule has 0 aromatic heterocycles. The van der Waals surface area contributed by atoms with Crippen LogP contribution < -0.4 is 4.43 Å². The highest BCUT2D eigenvalue weighted by Gasteiger charge is 1.96. The van der Waals surface area contributed by atoms with Crippen LogP contribution in [0, 0.1) is 6.92 Å². The number of rotatable bonds is 3. The van der Waals surface area contributed by atoms with Gasteiger partial charge in [0, 0.05) is 0 Å². The van der Waals surface area contributed by atoms with Gasteiger partial charge >= 0.3 is 0 Å². The minimum atomic E-state index is -0.364. The van der Waals surface area contributed by atoms with E-state index >= 15 is 0 Å². The number of hydrogen-bond acceptors (Lipinski definition) is 1. The third-order valence-corrected chi connectivity index (χ3v) is 2.77. The summed E-state index contributed by atoms with van der Waals surface area (Å²) in [4.78, 5) is 0. The minimum Gasteiger partial charge on any atom is -0.549 e. The molecule has 1 rings (SSSR count). The molecule has 1 aromatic rings. The van der Waals surface area contributed by atoms with Gasteiger partial charge in [0.25, 0.3) is 0 Å². The summed E-state index contributed by atoms with van der Waals surface area (Å²) in [5.74, 6) is 1.03. The monoisotopic (exact) mass is 180 g/mol. The predicted octanol–water partition coefficient (Wildman–Crippen LogP) is 2.29. The maximum absolute atomic E-state index is 5.66. The molecule has 2 heteroatoms. The molecule has 0 saturated carbocycles. The van der Waals surface area contributed by atoms with Gasteiger partial charge in [-0.25, -0.2) is 0 Å². The molecule has 0 atom stereocenters. The summed E-state index contributed by atoms with van der Waals surface area (Å²) in [7, 11) is -0.364. The van der Waals surface area contributed by atoms with Gasteiger partial charge < -0.3 is 4.43 Å². The smallest absolute Gasteiger partial charge is 0.222 e. The van der Waals surface area contributed by atoms with Crippen molar-refractivity contribution in [1.29, 1.82) is 0 Å². The van der Waals surface area contributed by atoms with Gasteiger partial charge in [-0.3, -0.25) is 0 Å². The molecule has 0 radical (unpaired) electrons. The van der Waals surface area contributed by atoms with Crippen molar-refractivity contribution < 1.29 is 4.43 Å². The molecule has 0 aliphatic heterocycles. The second kappa shape index (κ2) is 4.31. The molecule has 12 heavy (non-hydrogen) atoms. The lowest BCUT2D eigenvalue weighted by atomic mass is 10.2. The molecule has 1 nitrogen and oxygen atoms in total. The van der Waals surface area contributed by atoms with Crippen LogP contribution in [-0.4, -0.2) is 9.76 Å². The van der Waals surface area contributed by atoms with E-state index in [9.17, 15) is 0 Å². The lowest BCUT2D eigenvalue weighted by Gasteiger charge is -2.07. The van der Waals surface area contributed by atoms with E-state index in [0.29, 0.717) is 0 Å². The van der Waals surface area contributed by atoms with Crippen LogP contribution in [0.1, 0.15) is 19.4 Å². The Hall–Kier alpha value is -0.763. The highest BCUT2D eigenvalue weighted by molar-refractivity contribution is 6.30. The first-order valence-electron chi connectivity index (χ1n) is 4.38. The van der Waals surface area contributed by atoms with Gasteiger partial charge in [0.2, 0.25) is 9.76 Å². The maximum atomic E-state index is 5.66. The molecule has 0 saturated heterocycles. The Labute approximate surface area is 76.7 Å². The zero-order valence-corrected chi connectivity index (χ0v) is 9.42. The molecule has 0 unspecified atom stereocenters. The highest BCUT2D eigenvalue weighted by Crippen LogP contribution is 2.12. The summed E-state index contributed by atoms with van der Waals surface area (Å²) < 4.78 is 5.66. The fraction of sp³-hybridized carbons (Fsp3) is 0.400. The molecular formula is C10H16OSi. The molecule has 0 aliphatic rings. The van der Waals surface area contributed by atoms with Crippen LogP contribution in [-0.2, 0) is 0 Å². The predicted molar refractivity (Wildman–Crippen MR) is 55.4 cm³/mol. The van der Waals surface area contributed by atoms with Gasteiger partial charge in [-0.15, -0.1) is 0 Å². The van der Waals surface area contributed by atoms with Gasteiger partial charge in [-0.05, 0) is 24.6 Å². The summed E-state index contributed by atoms with van der Waals surface area (Å²) in [5, 5.41) is 0. The van der Waals surface area contributed by atoms with E-state index in [1.807, 2.05) is 12.1 Å². The maximum Gasteiger partial charge on any atom is 0.222 e. The number of aryl methyl sites for hydroxylation is 1. The Bertz CT molecular complexity index is 228. The van der Waals surface area contributed by atoms with E-state index in [1.165, 1.54) is 5.56 Å². The van der Waals surface area contributed by atoms with Crippen molar-refractivity contribution in [3.05, 3.63) is 29.8 Å². The summed E-state index contributed by atoms with van der Waals surface area (Å²) >= 11 is 0. The van der Waals surface area contributed by atoms with Crippen molar-refractivity contribution in [2.45, 2.75) is 26.3 Å². The summed E-state index contributed by atoms with van der Waals surface area (Å²) in [6.07, 6.45) is 0. The van der Waals surface area contributed by atoms with E-state index in [0.717, 1.165) is 11.3 Å². The van der Waals surface area contributed by atoms with E-state index in [2.05, 4.69) is 32.9 Å². The van der Waals surface area contributed by atoms with Gasteiger partial charge in [-0.2, -0.15) is 0 Å². The summed E-state index contributed by atoms with van der Waals surface area (Å²) in [6.45, 7) is 6.50. The van der Waals surface area contributed by atoms with Crippen LogP contribution in [0.4, 0.5) is 0 Å². The van der Waals surface area contributed by atoms with Gasteiger partial charge in [0.15, 0.2) is 0 Å². The van der Waals surface area contributed by atoms with Crippen LogP contribution in [0.15, 0.2) is 24.3 Å². The third kappa shape index (κ3) is 3.09. The van der Waals surface area contributed by atoms with Crippen molar-refractivity contribution in [2.75, 3.05) is 0 Å². The fourth-order valence-corrected chi connectivity index (χ4v) is 1.62. The van der Waals surface area contributed by atoms with Gasteiger partial charge in [-0.1, -0.05) is 31.5 Å². The Morgan fingerprint density at radius 1 is 1.17 bits per heavy atom. The molecule has 0 fully saturated rings. The van der Waals surface area contributed by atoms with Crippen molar-refractivity contribution in [1.82, 2.24) is 0 Å². The van der Waals surface area contributed by atoms with E-state index in [-0.39, 0.29) is 9.76 Å². The zero-order chi connectivity index (χ0) is 8.97. The second-order valence-electron chi connectivity index (χ2n) is 3.52. The lowest BCUT2D eigenvalue weighted by Crippen LogP contribution is -2.05.